The molecule has 2 aromatic heterocycles. The highest BCUT2D eigenvalue weighted by atomic mass is 32.2. The second-order valence-corrected chi connectivity index (χ2v) is 8.41. The van der Waals surface area contributed by atoms with Crippen LogP contribution >= 0.6 is 11.3 Å². The third kappa shape index (κ3) is 3.48. The van der Waals surface area contributed by atoms with E-state index in [1.54, 1.807) is 31.4 Å². The van der Waals surface area contributed by atoms with Crippen molar-refractivity contribution in [3.63, 3.8) is 0 Å². The predicted molar refractivity (Wildman–Crippen MR) is 92.1 cm³/mol. The molecule has 0 aliphatic carbocycles. The van der Waals surface area contributed by atoms with Crippen LogP contribution in [0, 0.1) is 19.7 Å². The van der Waals surface area contributed by atoms with Crippen LogP contribution in [0.5, 0.6) is 0 Å². The normalized spacial score (nSPS) is 12.0. The summed E-state index contributed by atoms with van der Waals surface area (Å²) in [6, 6.07) is 6.01. The van der Waals surface area contributed by atoms with E-state index in [0.717, 1.165) is 5.56 Å². The molecule has 0 radical (unpaired) electrons. The van der Waals surface area contributed by atoms with Crippen LogP contribution in [0.15, 0.2) is 39.1 Å². The third-order valence-corrected chi connectivity index (χ3v) is 6.65. The summed E-state index contributed by atoms with van der Waals surface area (Å²) in [7, 11) is -2.24. The highest BCUT2D eigenvalue weighted by molar-refractivity contribution is 7.89. The maximum Gasteiger partial charge on any atom is 0.248 e. The first-order valence-corrected chi connectivity index (χ1v) is 9.70. The lowest BCUT2D eigenvalue weighted by atomic mass is 10.2. The number of benzene rings is 1. The maximum atomic E-state index is 13.0. The Hall–Kier alpha value is -2.10. The highest BCUT2D eigenvalue weighted by Crippen LogP contribution is 2.27. The summed E-state index contributed by atoms with van der Waals surface area (Å²) in [5.41, 5.74) is 1.73. The van der Waals surface area contributed by atoms with E-state index >= 15 is 0 Å². The Morgan fingerprint density at radius 3 is 2.52 bits per heavy atom. The lowest BCUT2D eigenvalue weighted by Gasteiger charge is -2.15. The van der Waals surface area contributed by atoms with E-state index in [9.17, 15) is 12.8 Å². The second-order valence-electron chi connectivity index (χ2n) is 5.57. The smallest absolute Gasteiger partial charge is 0.248 e. The van der Waals surface area contributed by atoms with Crippen LogP contribution in [0.3, 0.4) is 0 Å². The van der Waals surface area contributed by atoms with E-state index in [2.05, 4.69) is 10.1 Å². The number of sulfonamides is 1. The van der Waals surface area contributed by atoms with Crippen molar-refractivity contribution in [2.24, 2.45) is 0 Å². The first kappa shape index (κ1) is 17.7. The average molecular weight is 381 g/mol. The lowest BCUT2D eigenvalue weighted by molar-refractivity contribution is 0.389. The Morgan fingerprint density at radius 1 is 1.24 bits per heavy atom. The summed E-state index contributed by atoms with van der Waals surface area (Å²) in [6.45, 7) is 3.27. The molecule has 0 aliphatic rings. The molecule has 0 saturated carbocycles. The zero-order valence-corrected chi connectivity index (χ0v) is 15.5. The topological polar surface area (TPSA) is 76.3 Å². The van der Waals surface area contributed by atoms with Gasteiger partial charge < -0.3 is 4.52 Å². The molecule has 25 heavy (non-hydrogen) atoms. The number of aromatic nitrogens is 2. The van der Waals surface area contributed by atoms with Gasteiger partial charge in [0.2, 0.25) is 10.0 Å². The second kappa shape index (κ2) is 6.66. The number of rotatable bonds is 5. The van der Waals surface area contributed by atoms with Gasteiger partial charge in [0, 0.05) is 18.0 Å². The van der Waals surface area contributed by atoms with E-state index in [1.165, 1.54) is 34.8 Å². The molecule has 0 N–H and O–H groups in total. The summed E-state index contributed by atoms with van der Waals surface area (Å²) >= 11 is 1.38. The van der Waals surface area contributed by atoms with Crippen molar-refractivity contribution in [2.75, 3.05) is 7.05 Å². The molecule has 3 aromatic rings. The SMILES string of the molecule is Cc1noc(C)c1S(=O)(=O)N(C)Cc1csc(-c2ccc(F)cc2)n1. The van der Waals surface area contributed by atoms with E-state index in [1.807, 2.05) is 0 Å². The lowest BCUT2D eigenvalue weighted by Crippen LogP contribution is -2.27. The Labute approximate surface area is 149 Å². The van der Waals surface area contributed by atoms with Crippen LogP contribution in [0.2, 0.25) is 0 Å². The fourth-order valence-electron chi connectivity index (χ4n) is 2.42. The van der Waals surface area contributed by atoms with E-state index in [0.29, 0.717) is 16.4 Å². The van der Waals surface area contributed by atoms with Gasteiger partial charge in [0.15, 0.2) is 5.76 Å². The Kier molecular flexibility index (Phi) is 4.72. The number of hydrogen-bond acceptors (Lipinski definition) is 6. The molecule has 132 valence electrons. The minimum atomic E-state index is -3.72. The van der Waals surface area contributed by atoms with Gasteiger partial charge in [-0.2, -0.15) is 4.31 Å². The van der Waals surface area contributed by atoms with E-state index in [-0.39, 0.29) is 23.0 Å². The van der Waals surface area contributed by atoms with Crippen LogP contribution in [0.25, 0.3) is 10.6 Å². The molecular weight excluding hydrogens is 365 g/mol. The standard InChI is InChI=1S/C16H16FN3O3S2/c1-10-15(11(2)23-19-10)25(21,22)20(3)8-14-9-24-16(18-14)12-4-6-13(17)7-5-12/h4-7,9H,8H2,1-3H3. The van der Waals surface area contributed by atoms with Crippen LogP contribution in [0.1, 0.15) is 17.1 Å². The maximum absolute atomic E-state index is 13.0. The van der Waals surface area contributed by atoms with Crippen molar-refractivity contribution in [1.29, 1.82) is 0 Å². The molecule has 3 rings (SSSR count). The number of halogens is 1. The molecule has 9 heteroatoms. The summed E-state index contributed by atoms with van der Waals surface area (Å²) in [5, 5.41) is 6.19. The van der Waals surface area contributed by atoms with E-state index in [4.69, 9.17) is 4.52 Å². The molecule has 1 aromatic carbocycles. The molecule has 0 atom stereocenters. The van der Waals surface area contributed by atoms with Gasteiger partial charge in [-0.05, 0) is 38.1 Å². The number of hydrogen-bond donors (Lipinski definition) is 0. The van der Waals surface area contributed by atoms with Gasteiger partial charge in [0.25, 0.3) is 0 Å². The summed E-state index contributed by atoms with van der Waals surface area (Å²) in [4.78, 5) is 4.53. The highest BCUT2D eigenvalue weighted by Gasteiger charge is 2.29. The van der Waals surface area contributed by atoms with Crippen LogP contribution < -0.4 is 0 Å². The van der Waals surface area contributed by atoms with Gasteiger partial charge in [0.1, 0.15) is 21.4 Å². The van der Waals surface area contributed by atoms with Crippen molar-refractivity contribution < 1.29 is 17.3 Å². The van der Waals surface area contributed by atoms with E-state index < -0.39 is 10.0 Å². The quantitative estimate of drug-likeness (QED) is 0.677. The van der Waals surface area contributed by atoms with Gasteiger partial charge in [-0.3, -0.25) is 0 Å². The van der Waals surface area contributed by atoms with Gasteiger partial charge in [-0.1, -0.05) is 5.16 Å². The average Bonchev–Trinajstić information content (AvgIpc) is 3.15. The molecular formula is C16H16FN3O3S2. The fraction of sp³-hybridized carbons (Fsp3) is 0.250. The fourth-order valence-corrected chi connectivity index (χ4v) is 4.66. The Morgan fingerprint density at radius 2 is 1.92 bits per heavy atom. The van der Waals surface area contributed by atoms with Crippen molar-refractivity contribution in [3.05, 3.63) is 52.6 Å². The van der Waals surface area contributed by atoms with Crippen LogP contribution in [-0.2, 0) is 16.6 Å². The minimum absolute atomic E-state index is 0.0870. The molecule has 0 aliphatic heterocycles. The molecule has 0 saturated heterocycles. The van der Waals surface area contributed by atoms with Gasteiger partial charge >= 0.3 is 0 Å². The largest absolute Gasteiger partial charge is 0.360 e. The van der Waals surface area contributed by atoms with Crippen LogP contribution in [0.4, 0.5) is 4.39 Å². The summed E-state index contributed by atoms with van der Waals surface area (Å²) in [5.74, 6) is -0.0551. The third-order valence-electron chi connectivity index (χ3n) is 3.66. The molecule has 0 fully saturated rings. The Balaban J connectivity index is 1.82. The summed E-state index contributed by atoms with van der Waals surface area (Å²) < 4.78 is 44.6. The molecule has 0 bridgehead atoms. The molecule has 2 heterocycles. The molecule has 0 amide bonds. The molecule has 6 nitrogen and oxygen atoms in total. The zero-order valence-electron chi connectivity index (χ0n) is 13.9. The molecule has 0 spiro atoms. The van der Waals surface area contributed by atoms with Gasteiger partial charge in [-0.15, -0.1) is 11.3 Å². The monoisotopic (exact) mass is 381 g/mol. The number of thiazole rings is 1. The van der Waals surface area contributed by atoms with Crippen molar-refractivity contribution in [1.82, 2.24) is 14.4 Å². The first-order chi connectivity index (χ1) is 11.8. The van der Waals surface area contributed by atoms with Crippen molar-refractivity contribution in [2.45, 2.75) is 25.3 Å². The summed E-state index contributed by atoms with van der Waals surface area (Å²) in [6.07, 6.45) is 0. The number of nitrogens with zero attached hydrogens (tertiary/aromatic N) is 3. The van der Waals surface area contributed by atoms with Crippen molar-refractivity contribution in [3.8, 4) is 10.6 Å². The Bertz CT molecular complexity index is 975. The molecule has 0 unspecified atom stereocenters. The number of aryl methyl sites for hydroxylation is 2. The predicted octanol–water partition coefficient (Wildman–Crippen LogP) is 3.37. The minimum Gasteiger partial charge on any atom is -0.360 e. The zero-order chi connectivity index (χ0) is 18.2. The van der Waals surface area contributed by atoms with Gasteiger partial charge in [-0.25, -0.2) is 17.8 Å². The first-order valence-electron chi connectivity index (χ1n) is 7.38. The van der Waals surface area contributed by atoms with Crippen LogP contribution in [-0.4, -0.2) is 29.9 Å². The van der Waals surface area contributed by atoms with Gasteiger partial charge in [0.05, 0.1) is 12.2 Å². The van der Waals surface area contributed by atoms with Crippen molar-refractivity contribution >= 4 is 21.4 Å².